The summed E-state index contributed by atoms with van der Waals surface area (Å²) in [5, 5.41) is 0.599. The number of rotatable bonds is 3. The SMILES string of the molecule is O=c1ncn(Cc2cc(C(F)(F)F)ccc2F)c2nc(N3CCOCC3)sc12. The molecule has 2 aromatic heterocycles. The highest BCUT2D eigenvalue weighted by Crippen LogP contribution is 2.31. The predicted octanol–water partition coefficient (Wildman–Crippen LogP) is 2.90. The van der Waals surface area contributed by atoms with Gasteiger partial charge in [0.15, 0.2) is 10.8 Å². The third kappa shape index (κ3) is 3.59. The maximum absolute atomic E-state index is 14.1. The zero-order valence-corrected chi connectivity index (χ0v) is 15.2. The number of ether oxygens (including phenoxy) is 1. The highest BCUT2D eigenvalue weighted by atomic mass is 32.1. The van der Waals surface area contributed by atoms with Gasteiger partial charge in [0.05, 0.1) is 25.3 Å². The van der Waals surface area contributed by atoms with Gasteiger partial charge in [-0.3, -0.25) is 4.79 Å². The summed E-state index contributed by atoms with van der Waals surface area (Å²) < 4.78 is 59.9. The number of anilines is 1. The van der Waals surface area contributed by atoms with E-state index in [9.17, 15) is 22.4 Å². The molecule has 148 valence electrons. The van der Waals surface area contributed by atoms with Crippen LogP contribution in [0.15, 0.2) is 29.3 Å². The van der Waals surface area contributed by atoms with Gasteiger partial charge >= 0.3 is 6.18 Å². The van der Waals surface area contributed by atoms with Crippen LogP contribution >= 0.6 is 11.3 Å². The fourth-order valence-electron chi connectivity index (χ4n) is 2.93. The Labute approximate surface area is 160 Å². The van der Waals surface area contributed by atoms with Crippen molar-refractivity contribution in [3.05, 3.63) is 51.8 Å². The fraction of sp³-hybridized carbons (Fsp3) is 0.353. The van der Waals surface area contributed by atoms with Crippen LogP contribution in [-0.2, 0) is 17.5 Å². The van der Waals surface area contributed by atoms with Crippen molar-refractivity contribution < 1.29 is 22.3 Å². The van der Waals surface area contributed by atoms with Crippen LogP contribution in [0.3, 0.4) is 0 Å². The molecule has 11 heteroatoms. The Morgan fingerprint density at radius 2 is 1.96 bits per heavy atom. The maximum Gasteiger partial charge on any atom is 0.416 e. The van der Waals surface area contributed by atoms with E-state index in [-0.39, 0.29) is 22.5 Å². The van der Waals surface area contributed by atoms with Gasteiger partial charge in [-0.25, -0.2) is 9.37 Å². The molecular weight excluding hydrogens is 400 g/mol. The molecule has 1 aliphatic rings. The number of nitrogens with zero attached hydrogens (tertiary/aromatic N) is 4. The topological polar surface area (TPSA) is 60.2 Å². The van der Waals surface area contributed by atoms with Crippen LogP contribution in [0.1, 0.15) is 11.1 Å². The Bertz CT molecular complexity index is 1070. The number of hydrogen-bond donors (Lipinski definition) is 0. The molecule has 0 bridgehead atoms. The summed E-state index contributed by atoms with van der Waals surface area (Å²) in [7, 11) is 0. The van der Waals surface area contributed by atoms with E-state index in [1.807, 2.05) is 4.90 Å². The molecule has 1 aliphatic heterocycles. The predicted molar refractivity (Wildman–Crippen MR) is 95.2 cm³/mol. The molecule has 1 saturated heterocycles. The lowest BCUT2D eigenvalue weighted by atomic mass is 10.1. The molecule has 1 aromatic carbocycles. The third-order valence-electron chi connectivity index (χ3n) is 4.37. The van der Waals surface area contributed by atoms with Gasteiger partial charge in [-0.05, 0) is 18.2 Å². The van der Waals surface area contributed by atoms with E-state index in [1.54, 1.807) is 0 Å². The molecule has 4 rings (SSSR count). The quantitative estimate of drug-likeness (QED) is 0.617. The smallest absolute Gasteiger partial charge is 0.378 e. The minimum atomic E-state index is -4.58. The van der Waals surface area contributed by atoms with E-state index in [4.69, 9.17) is 4.74 Å². The van der Waals surface area contributed by atoms with Crippen molar-refractivity contribution in [2.24, 2.45) is 0 Å². The van der Waals surface area contributed by atoms with Crippen LogP contribution in [-0.4, -0.2) is 40.8 Å². The fourth-order valence-corrected chi connectivity index (χ4v) is 3.95. The molecule has 0 radical (unpaired) electrons. The first kappa shape index (κ1) is 18.8. The van der Waals surface area contributed by atoms with Crippen LogP contribution in [0, 0.1) is 5.82 Å². The minimum absolute atomic E-state index is 0.164. The van der Waals surface area contributed by atoms with Crippen molar-refractivity contribution in [2.75, 3.05) is 31.2 Å². The van der Waals surface area contributed by atoms with Gasteiger partial charge < -0.3 is 14.2 Å². The van der Waals surface area contributed by atoms with E-state index in [2.05, 4.69) is 9.97 Å². The molecule has 0 N–H and O–H groups in total. The lowest BCUT2D eigenvalue weighted by molar-refractivity contribution is -0.137. The standard InChI is InChI=1S/C17H14F4N4O2S/c18-12-2-1-11(17(19,20)21)7-10(12)8-25-9-22-15(26)13-14(25)23-16(28-13)24-3-5-27-6-4-24/h1-2,7,9H,3-6,8H2. The van der Waals surface area contributed by atoms with Gasteiger partial charge in [0.2, 0.25) is 0 Å². The van der Waals surface area contributed by atoms with E-state index in [1.165, 1.54) is 10.9 Å². The van der Waals surface area contributed by atoms with Crippen LogP contribution < -0.4 is 10.5 Å². The van der Waals surface area contributed by atoms with E-state index in [0.29, 0.717) is 37.5 Å². The van der Waals surface area contributed by atoms with Gasteiger partial charge in [0.25, 0.3) is 5.56 Å². The third-order valence-corrected chi connectivity index (χ3v) is 5.47. The molecule has 1 fully saturated rings. The molecule has 0 saturated carbocycles. The van der Waals surface area contributed by atoms with Crippen LogP contribution in [0.25, 0.3) is 10.3 Å². The van der Waals surface area contributed by atoms with Crippen molar-refractivity contribution in [2.45, 2.75) is 12.7 Å². The highest BCUT2D eigenvalue weighted by molar-refractivity contribution is 7.22. The van der Waals surface area contributed by atoms with Gasteiger partial charge in [-0.1, -0.05) is 11.3 Å². The Kier molecular flexibility index (Phi) is 4.79. The average molecular weight is 414 g/mol. The summed E-state index contributed by atoms with van der Waals surface area (Å²) in [6.07, 6.45) is -3.41. The second kappa shape index (κ2) is 7.13. The zero-order valence-electron chi connectivity index (χ0n) is 14.4. The van der Waals surface area contributed by atoms with Gasteiger partial charge in [-0.2, -0.15) is 18.2 Å². The molecule has 0 unspecified atom stereocenters. The molecule has 0 amide bonds. The van der Waals surface area contributed by atoms with Gasteiger partial charge in [0.1, 0.15) is 16.8 Å². The Balaban J connectivity index is 1.74. The Hall–Kier alpha value is -2.53. The average Bonchev–Trinajstić information content (AvgIpc) is 3.12. The second-order valence-electron chi connectivity index (χ2n) is 6.23. The van der Waals surface area contributed by atoms with Crippen LogP contribution in [0.5, 0.6) is 0 Å². The number of fused-ring (bicyclic) bond motifs is 1. The molecular formula is C17H14F4N4O2S. The number of benzene rings is 1. The first-order valence-electron chi connectivity index (χ1n) is 8.37. The lowest BCUT2D eigenvalue weighted by Gasteiger charge is -2.25. The molecule has 28 heavy (non-hydrogen) atoms. The number of morpholine rings is 1. The molecule has 0 spiro atoms. The summed E-state index contributed by atoms with van der Waals surface area (Å²) >= 11 is 1.16. The van der Waals surface area contributed by atoms with E-state index >= 15 is 0 Å². The Morgan fingerprint density at radius 3 is 2.68 bits per heavy atom. The van der Waals surface area contributed by atoms with Crippen molar-refractivity contribution in [3.63, 3.8) is 0 Å². The number of alkyl halides is 3. The van der Waals surface area contributed by atoms with Gasteiger partial charge in [0, 0.05) is 18.7 Å². The number of aromatic nitrogens is 3. The van der Waals surface area contributed by atoms with Crippen LogP contribution in [0.2, 0.25) is 0 Å². The molecule has 3 aromatic rings. The number of hydrogen-bond acceptors (Lipinski definition) is 6. The van der Waals surface area contributed by atoms with E-state index in [0.717, 1.165) is 23.5 Å². The second-order valence-corrected chi connectivity index (χ2v) is 7.21. The zero-order chi connectivity index (χ0) is 19.9. The summed E-state index contributed by atoms with van der Waals surface area (Å²) in [5.74, 6) is -0.775. The summed E-state index contributed by atoms with van der Waals surface area (Å²) in [6.45, 7) is 2.07. The largest absolute Gasteiger partial charge is 0.416 e. The van der Waals surface area contributed by atoms with Crippen molar-refractivity contribution >= 4 is 26.8 Å². The van der Waals surface area contributed by atoms with E-state index < -0.39 is 23.1 Å². The van der Waals surface area contributed by atoms with Crippen molar-refractivity contribution in [1.29, 1.82) is 0 Å². The maximum atomic E-state index is 14.1. The monoisotopic (exact) mass is 414 g/mol. The van der Waals surface area contributed by atoms with Gasteiger partial charge in [-0.15, -0.1) is 0 Å². The Morgan fingerprint density at radius 1 is 1.21 bits per heavy atom. The number of halogens is 4. The molecule has 0 atom stereocenters. The lowest BCUT2D eigenvalue weighted by Crippen LogP contribution is -2.36. The molecule has 3 heterocycles. The van der Waals surface area contributed by atoms with Crippen LogP contribution in [0.4, 0.5) is 22.7 Å². The summed E-state index contributed by atoms with van der Waals surface area (Å²) in [4.78, 5) is 22.3. The van der Waals surface area contributed by atoms with Crippen molar-refractivity contribution in [1.82, 2.24) is 14.5 Å². The highest BCUT2D eigenvalue weighted by Gasteiger charge is 2.31. The normalized spacial score (nSPS) is 15.4. The van der Waals surface area contributed by atoms with Crippen molar-refractivity contribution in [3.8, 4) is 0 Å². The summed E-state index contributed by atoms with van der Waals surface area (Å²) in [6, 6.07) is 2.23. The number of thiazole rings is 1. The summed E-state index contributed by atoms with van der Waals surface area (Å²) in [5.41, 5.74) is -1.32. The minimum Gasteiger partial charge on any atom is -0.378 e. The molecule has 0 aliphatic carbocycles. The first-order valence-corrected chi connectivity index (χ1v) is 9.19. The molecule has 6 nitrogen and oxygen atoms in total. The first-order chi connectivity index (χ1) is 13.3.